The maximum Gasteiger partial charge on any atom is 0.0248 e. The van der Waals surface area contributed by atoms with Crippen molar-refractivity contribution in [2.75, 3.05) is 0 Å². The van der Waals surface area contributed by atoms with Gasteiger partial charge in [0.25, 0.3) is 0 Å². The lowest BCUT2D eigenvalue weighted by molar-refractivity contribution is 0.537. The summed E-state index contributed by atoms with van der Waals surface area (Å²) in [6, 6.07) is 20.2. The molecule has 0 radical (unpaired) electrons. The van der Waals surface area contributed by atoms with E-state index in [1.54, 1.807) is 30.3 Å². The van der Waals surface area contributed by atoms with Crippen LogP contribution >= 0.6 is 0 Å². The van der Waals surface area contributed by atoms with Gasteiger partial charge >= 0.3 is 0 Å². The molecule has 0 heterocycles. The molecule has 0 aliphatic carbocycles. The molecular formula is C12H11O2S-. The van der Waals surface area contributed by atoms with Gasteiger partial charge in [-0.2, -0.15) is 0 Å². The topological polar surface area (TPSA) is 40.1 Å². The molecule has 2 rings (SSSR count). The molecule has 0 aliphatic heterocycles. The van der Waals surface area contributed by atoms with Crippen LogP contribution < -0.4 is 0 Å². The van der Waals surface area contributed by atoms with Crippen LogP contribution in [-0.4, -0.2) is 8.76 Å². The first-order valence-corrected chi connectivity index (χ1v) is 5.52. The molecule has 2 aromatic rings. The van der Waals surface area contributed by atoms with E-state index in [9.17, 15) is 8.76 Å². The Kier molecular flexibility index (Phi) is 5.37. The largest absolute Gasteiger partial charge is 0.768 e. The minimum atomic E-state index is -2.08. The average Bonchev–Trinajstić information content (AvgIpc) is 2.33. The summed E-state index contributed by atoms with van der Waals surface area (Å²) in [6.07, 6.45) is 0. The van der Waals surface area contributed by atoms with Gasteiger partial charge in [-0.15, -0.1) is 0 Å². The third-order valence-corrected chi connectivity index (χ3v) is 2.26. The Balaban J connectivity index is 0.000000162. The van der Waals surface area contributed by atoms with Gasteiger partial charge in [-0.05, 0) is 23.2 Å². The molecule has 0 bridgehead atoms. The zero-order valence-electron chi connectivity index (χ0n) is 8.08. The Morgan fingerprint density at radius 2 is 1.07 bits per heavy atom. The SMILES string of the molecule is O=S([O-])c1ccccc1.c1ccccc1. The molecule has 2 aromatic carbocycles. The van der Waals surface area contributed by atoms with Crippen LogP contribution in [0.5, 0.6) is 0 Å². The van der Waals surface area contributed by atoms with Crippen LogP contribution in [0.1, 0.15) is 0 Å². The quantitative estimate of drug-likeness (QED) is 0.692. The van der Waals surface area contributed by atoms with Gasteiger partial charge in [-0.1, -0.05) is 54.6 Å². The van der Waals surface area contributed by atoms with Gasteiger partial charge in [-0.25, -0.2) is 0 Å². The predicted molar refractivity (Wildman–Crippen MR) is 60.1 cm³/mol. The van der Waals surface area contributed by atoms with Gasteiger partial charge in [-0.3, -0.25) is 4.21 Å². The summed E-state index contributed by atoms with van der Waals surface area (Å²) in [4.78, 5) is 0.331. The first-order valence-electron chi connectivity index (χ1n) is 4.45. The molecule has 2 nitrogen and oxygen atoms in total. The molecule has 0 saturated heterocycles. The summed E-state index contributed by atoms with van der Waals surface area (Å²) < 4.78 is 20.4. The van der Waals surface area contributed by atoms with Crippen molar-refractivity contribution in [1.82, 2.24) is 0 Å². The number of benzene rings is 2. The van der Waals surface area contributed by atoms with Crippen LogP contribution in [0.15, 0.2) is 71.6 Å². The molecule has 0 amide bonds. The van der Waals surface area contributed by atoms with Crippen molar-refractivity contribution in [3.8, 4) is 0 Å². The fourth-order valence-corrected chi connectivity index (χ4v) is 1.30. The molecule has 3 heteroatoms. The minimum absolute atomic E-state index is 0.331. The van der Waals surface area contributed by atoms with Crippen LogP contribution in [0, 0.1) is 0 Å². The van der Waals surface area contributed by atoms with E-state index in [-0.39, 0.29) is 0 Å². The van der Waals surface area contributed by atoms with Crippen molar-refractivity contribution in [3.05, 3.63) is 66.7 Å². The molecule has 0 saturated carbocycles. The van der Waals surface area contributed by atoms with Gasteiger partial charge in [0.1, 0.15) is 0 Å². The highest BCUT2D eigenvalue weighted by Gasteiger charge is 1.84. The first kappa shape index (κ1) is 11.6. The number of rotatable bonds is 1. The van der Waals surface area contributed by atoms with Gasteiger partial charge < -0.3 is 4.55 Å². The highest BCUT2D eigenvalue weighted by atomic mass is 32.2. The summed E-state index contributed by atoms with van der Waals surface area (Å²) in [5, 5.41) is 0. The second kappa shape index (κ2) is 6.92. The second-order valence-electron chi connectivity index (χ2n) is 2.70. The third-order valence-electron chi connectivity index (χ3n) is 1.60. The smallest absolute Gasteiger partial charge is 0.0248 e. The molecule has 0 fully saturated rings. The van der Waals surface area contributed by atoms with Crippen LogP contribution in [0.3, 0.4) is 0 Å². The van der Waals surface area contributed by atoms with Crippen molar-refractivity contribution < 1.29 is 8.76 Å². The molecule has 0 aliphatic rings. The zero-order chi connectivity index (χ0) is 10.9. The Labute approximate surface area is 91.9 Å². The van der Waals surface area contributed by atoms with Crippen molar-refractivity contribution in [2.24, 2.45) is 0 Å². The third kappa shape index (κ3) is 5.10. The minimum Gasteiger partial charge on any atom is -0.768 e. The number of hydrogen-bond donors (Lipinski definition) is 0. The van der Waals surface area contributed by atoms with E-state index in [0.29, 0.717) is 4.90 Å². The first-order chi connectivity index (χ1) is 7.30. The molecule has 0 aromatic heterocycles. The van der Waals surface area contributed by atoms with Crippen LogP contribution in [0.25, 0.3) is 0 Å². The van der Waals surface area contributed by atoms with E-state index >= 15 is 0 Å². The predicted octanol–water partition coefficient (Wildman–Crippen LogP) is 2.61. The molecule has 15 heavy (non-hydrogen) atoms. The summed E-state index contributed by atoms with van der Waals surface area (Å²) >= 11 is -2.08. The van der Waals surface area contributed by atoms with E-state index in [0.717, 1.165) is 0 Å². The van der Waals surface area contributed by atoms with E-state index < -0.39 is 11.1 Å². The summed E-state index contributed by atoms with van der Waals surface area (Å²) in [5.74, 6) is 0. The Morgan fingerprint density at radius 3 is 1.33 bits per heavy atom. The Morgan fingerprint density at radius 1 is 0.733 bits per heavy atom. The Bertz CT molecular complexity index is 360. The maximum absolute atomic E-state index is 10.2. The normalized spacial score (nSPS) is 11.0. The monoisotopic (exact) mass is 219 g/mol. The van der Waals surface area contributed by atoms with Gasteiger partial charge in [0, 0.05) is 4.90 Å². The summed E-state index contributed by atoms with van der Waals surface area (Å²) in [7, 11) is 0. The van der Waals surface area contributed by atoms with Crippen LogP contribution in [-0.2, 0) is 11.1 Å². The Hall–Kier alpha value is -1.45. The molecule has 1 atom stereocenters. The van der Waals surface area contributed by atoms with E-state index in [2.05, 4.69) is 0 Å². The molecule has 78 valence electrons. The molecule has 1 unspecified atom stereocenters. The zero-order valence-corrected chi connectivity index (χ0v) is 8.89. The van der Waals surface area contributed by atoms with E-state index in [1.165, 1.54) is 0 Å². The molecular weight excluding hydrogens is 208 g/mol. The van der Waals surface area contributed by atoms with Gasteiger partial charge in [0.2, 0.25) is 0 Å². The van der Waals surface area contributed by atoms with Crippen molar-refractivity contribution in [3.63, 3.8) is 0 Å². The number of hydrogen-bond acceptors (Lipinski definition) is 2. The maximum atomic E-state index is 10.2. The fourth-order valence-electron chi connectivity index (χ4n) is 0.917. The lowest BCUT2D eigenvalue weighted by Crippen LogP contribution is -1.85. The summed E-state index contributed by atoms with van der Waals surface area (Å²) in [6.45, 7) is 0. The van der Waals surface area contributed by atoms with Crippen molar-refractivity contribution >= 4 is 11.1 Å². The lowest BCUT2D eigenvalue weighted by atomic mass is 10.4. The highest BCUT2D eigenvalue weighted by molar-refractivity contribution is 7.79. The molecule has 0 spiro atoms. The van der Waals surface area contributed by atoms with Crippen molar-refractivity contribution in [1.29, 1.82) is 0 Å². The second-order valence-corrected chi connectivity index (χ2v) is 3.64. The van der Waals surface area contributed by atoms with E-state index in [1.807, 2.05) is 36.4 Å². The van der Waals surface area contributed by atoms with Gasteiger partial charge in [0.15, 0.2) is 0 Å². The van der Waals surface area contributed by atoms with E-state index in [4.69, 9.17) is 0 Å². The average molecular weight is 219 g/mol. The van der Waals surface area contributed by atoms with Crippen LogP contribution in [0.4, 0.5) is 0 Å². The standard InChI is InChI=1S/C6H6O2S.C6H6/c7-9(8)6-4-2-1-3-5-6;1-2-4-6-5-3-1/h1-5H,(H,7,8);1-6H/p-1. The summed E-state index contributed by atoms with van der Waals surface area (Å²) in [5.41, 5.74) is 0. The van der Waals surface area contributed by atoms with Gasteiger partial charge in [0.05, 0.1) is 0 Å². The lowest BCUT2D eigenvalue weighted by Gasteiger charge is -2.01. The van der Waals surface area contributed by atoms with Crippen molar-refractivity contribution in [2.45, 2.75) is 4.90 Å². The molecule has 0 N–H and O–H groups in total. The van der Waals surface area contributed by atoms with Crippen LogP contribution in [0.2, 0.25) is 0 Å². The highest BCUT2D eigenvalue weighted by Crippen LogP contribution is 2.00. The fraction of sp³-hybridized carbons (Fsp3) is 0.